The standard InChI is InChI=1S/C29H40N6O6S/c1-2-41-27(37)13-15-35(23-10-11-23)28(38)25(17-26(36)32-18-20-6-5-14-34(19-20)29(30)31)33-42(39,40)24-12-9-21-7-3-4-8-22(21)16-24/h3-4,7-9,12,16,20,23,25,33H,2,5-6,10-11,13-15,17-19H2,1H3,(H3,30,31)(H,32,36)/t20?,25-/m0/s1. The summed E-state index contributed by atoms with van der Waals surface area (Å²) in [6.45, 7) is 3.53. The van der Waals surface area contributed by atoms with Crippen molar-refractivity contribution in [1.29, 1.82) is 5.41 Å². The number of esters is 1. The van der Waals surface area contributed by atoms with Crippen LogP contribution in [0.15, 0.2) is 47.4 Å². The van der Waals surface area contributed by atoms with E-state index in [2.05, 4.69) is 10.0 Å². The number of benzene rings is 2. The molecule has 1 saturated heterocycles. The SMILES string of the molecule is CCOC(=O)CCN(C(=O)[C@H](CC(=O)NCC1CCCN(C(=N)N)C1)NS(=O)(=O)c1ccc2ccccc2c1)C1CC1. The van der Waals surface area contributed by atoms with Crippen LogP contribution in [0.2, 0.25) is 0 Å². The second-order valence-corrected chi connectivity index (χ2v) is 12.6. The average Bonchev–Trinajstić information content (AvgIpc) is 3.81. The number of piperidine rings is 1. The van der Waals surface area contributed by atoms with Gasteiger partial charge < -0.3 is 25.6 Å². The van der Waals surface area contributed by atoms with Gasteiger partial charge >= 0.3 is 5.97 Å². The van der Waals surface area contributed by atoms with E-state index in [-0.39, 0.29) is 42.4 Å². The lowest BCUT2D eigenvalue weighted by molar-refractivity contribution is -0.144. The van der Waals surface area contributed by atoms with Crippen LogP contribution in [0.1, 0.15) is 45.4 Å². The van der Waals surface area contributed by atoms with Crippen molar-refractivity contribution in [1.82, 2.24) is 19.8 Å². The normalized spacial score (nSPS) is 17.8. The van der Waals surface area contributed by atoms with Crippen molar-refractivity contribution in [2.75, 3.05) is 32.8 Å². The number of rotatable bonds is 13. The van der Waals surface area contributed by atoms with Crippen molar-refractivity contribution in [3.63, 3.8) is 0 Å². The van der Waals surface area contributed by atoms with E-state index in [1.165, 1.54) is 17.0 Å². The third-order valence-electron chi connectivity index (χ3n) is 7.60. The van der Waals surface area contributed by atoms with Crippen molar-refractivity contribution >= 4 is 44.5 Å². The lowest BCUT2D eigenvalue weighted by Gasteiger charge is -2.33. The zero-order chi connectivity index (χ0) is 30.3. The maximum absolute atomic E-state index is 13.8. The van der Waals surface area contributed by atoms with Crippen LogP contribution in [0.5, 0.6) is 0 Å². The molecule has 2 amide bonds. The average molecular weight is 601 g/mol. The second-order valence-electron chi connectivity index (χ2n) is 10.8. The highest BCUT2D eigenvalue weighted by atomic mass is 32.2. The Morgan fingerprint density at radius 3 is 2.57 bits per heavy atom. The van der Waals surface area contributed by atoms with Crippen LogP contribution in [0, 0.1) is 11.3 Å². The molecule has 5 N–H and O–H groups in total. The molecule has 2 fully saturated rings. The van der Waals surface area contributed by atoms with Crippen LogP contribution in [-0.4, -0.2) is 86.8 Å². The molecule has 0 radical (unpaired) electrons. The van der Waals surface area contributed by atoms with Crippen molar-refractivity contribution < 1.29 is 27.5 Å². The molecule has 4 rings (SSSR count). The highest BCUT2D eigenvalue weighted by molar-refractivity contribution is 7.89. The lowest BCUT2D eigenvalue weighted by Crippen LogP contribution is -2.52. The van der Waals surface area contributed by atoms with Gasteiger partial charge in [0, 0.05) is 32.2 Å². The molecule has 2 atom stereocenters. The van der Waals surface area contributed by atoms with Crippen LogP contribution in [0.3, 0.4) is 0 Å². The summed E-state index contributed by atoms with van der Waals surface area (Å²) in [6.07, 6.45) is 2.73. The summed E-state index contributed by atoms with van der Waals surface area (Å²) in [4.78, 5) is 42.1. The fraction of sp³-hybridized carbons (Fsp3) is 0.517. The number of hydrogen-bond acceptors (Lipinski definition) is 7. The van der Waals surface area contributed by atoms with E-state index in [0.717, 1.165) is 36.5 Å². The molecule has 1 heterocycles. The van der Waals surface area contributed by atoms with Gasteiger partial charge in [0.05, 0.1) is 24.3 Å². The molecular weight excluding hydrogens is 560 g/mol. The van der Waals surface area contributed by atoms with E-state index < -0.39 is 40.3 Å². The van der Waals surface area contributed by atoms with E-state index in [4.69, 9.17) is 15.9 Å². The molecule has 12 nitrogen and oxygen atoms in total. The number of hydrogen-bond donors (Lipinski definition) is 4. The quantitative estimate of drug-likeness (QED) is 0.152. The summed E-state index contributed by atoms with van der Waals surface area (Å²) >= 11 is 0. The number of nitrogens with two attached hydrogens (primary N) is 1. The van der Waals surface area contributed by atoms with Crippen LogP contribution in [0.25, 0.3) is 10.8 Å². The van der Waals surface area contributed by atoms with Gasteiger partial charge in [-0.3, -0.25) is 19.8 Å². The van der Waals surface area contributed by atoms with Crippen molar-refractivity contribution in [3.05, 3.63) is 42.5 Å². The molecule has 1 unspecified atom stereocenters. The molecule has 1 saturated carbocycles. The van der Waals surface area contributed by atoms with Gasteiger partial charge in [-0.25, -0.2) is 8.42 Å². The van der Waals surface area contributed by atoms with Crippen LogP contribution >= 0.6 is 0 Å². The Balaban J connectivity index is 1.50. The fourth-order valence-corrected chi connectivity index (χ4v) is 6.46. The molecule has 0 aromatic heterocycles. The number of amides is 2. The third-order valence-corrected chi connectivity index (χ3v) is 9.07. The van der Waals surface area contributed by atoms with Crippen molar-refractivity contribution in [3.8, 4) is 0 Å². The van der Waals surface area contributed by atoms with Gasteiger partial charge in [0.15, 0.2) is 5.96 Å². The molecule has 2 aliphatic rings. The van der Waals surface area contributed by atoms with Gasteiger partial charge in [0.25, 0.3) is 0 Å². The highest BCUT2D eigenvalue weighted by Crippen LogP contribution is 2.28. The summed E-state index contributed by atoms with van der Waals surface area (Å²) in [6, 6.07) is 10.5. The minimum atomic E-state index is -4.19. The summed E-state index contributed by atoms with van der Waals surface area (Å²) < 4.78 is 34.5. The number of nitrogens with one attached hydrogen (secondary N) is 3. The first kappa shape index (κ1) is 31.2. The first-order valence-electron chi connectivity index (χ1n) is 14.4. The zero-order valence-electron chi connectivity index (χ0n) is 23.9. The molecule has 13 heteroatoms. The molecule has 0 bridgehead atoms. The van der Waals surface area contributed by atoms with Crippen molar-refractivity contribution in [2.24, 2.45) is 11.7 Å². The summed E-state index contributed by atoms with van der Waals surface area (Å²) in [5.41, 5.74) is 5.63. The number of ether oxygens (including phenoxy) is 1. The predicted octanol–water partition coefficient (Wildman–Crippen LogP) is 1.54. The van der Waals surface area contributed by atoms with E-state index in [1.54, 1.807) is 24.0 Å². The molecule has 42 heavy (non-hydrogen) atoms. The summed E-state index contributed by atoms with van der Waals surface area (Å²) in [7, 11) is -4.19. The van der Waals surface area contributed by atoms with Crippen LogP contribution < -0.4 is 15.8 Å². The smallest absolute Gasteiger partial charge is 0.307 e. The maximum Gasteiger partial charge on any atom is 0.307 e. The molecule has 0 spiro atoms. The molecule has 2 aromatic rings. The van der Waals surface area contributed by atoms with E-state index in [1.807, 2.05) is 18.2 Å². The molecule has 2 aromatic carbocycles. The minimum absolute atomic E-state index is 0.0113. The van der Waals surface area contributed by atoms with Gasteiger partial charge in [-0.15, -0.1) is 0 Å². The topological polar surface area (TPSA) is 175 Å². The summed E-state index contributed by atoms with van der Waals surface area (Å²) in [5, 5.41) is 12.1. The number of likely N-dealkylation sites (tertiary alicyclic amines) is 1. The Morgan fingerprint density at radius 2 is 1.88 bits per heavy atom. The zero-order valence-corrected chi connectivity index (χ0v) is 24.7. The predicted molar refractivity (Wildman–Crippen MR) is 158 cm³/mol. The first-order valence-corrected chi connectivity index (χ1v) is 15.9. The lowest BCUT2D eigenvalue weighted by atomic mass is 9.98. The fourth-order valence-electron chi connectivity index (χ4n) is 5.24. The number of nitrogens with zero attached hydrogens (tertiary/aromatic N) is 2. The van der Waals surface area contributed by atoms with E-state index in [0.29, 0.717) is 19.6 Å². The Hall–Kier alpha value is -3.71. The van der Waals surface area contributed by atoms with Gasteiger partial charge in [0.2, 0.25) is 21.8 Å². The Kier molecular flexibility index (Phi) is 10.4. The molecular formula is C29H40N6O6S. The Bertz CT molecular complexity index is 1410. The van der Waals surface area contributed by atoms with Crippen LogP contribution in [0.4, 0.5) is 0 Å². The first-order chi connectivity index (χ1) is 20.1. The van der Waals surface area contributed by atoms with E-state index >= 15 is 0 Å². The van der Waals surface area contributed by atoms with Gasteiger partial charge in [-0.2, -0.15) is 4.72 Å². The van der Waals surface area contributed by atoms with Gasteiger partial charge in [-0.05, 0) is 61.4 Å². The second kappa shape index (κ2) is 14.0. The summed E-state index contributed by atoms with van der Waals surface area (Å²) in [5.74, 6) is -1.42. The largest absolute Gasteiger partial charge is 0.466 e. The molecule has 1 aliphatic heterocycles. The number of fused-ring (bicyclic) bond motifs is 1. The van der Waals surface area contributed by atoms with E-state index in [9.17, 15) is 22.8 Å². The monoisotopic (exact) mass is 600 g/mol. The maximum atomic E-state index is 13.8. The van der Waals surface area contributed by atoms with Gasteiger partial charge in [0.1, 0.15) is 6.04 Å². The van der Waals surface area contributed by atoms with Crippen LogP contribution in [-0.2, 0) is 29.1 Å². The molecule has 1 aliphatic carbocycles. The number of carbonyl (C=O) groups excluding carboxylic acids is 3. The Labute approximate surface area is 246 Å². The number of guanidine groups is 1. The highest BCUT2D eigenvalue weighted by Gasteiger charge is 2.38. The third kappa shape index (κ3) is 8.41. The van der Waals surface area contributed by atoms with Crippen molar-refractivity contribution in [2.45, 2.75) is 62.4 Å². The van der Waals surface area contributed by atoms with Gasteiger partial charge in [-0.1, -0.05) is 30.3 Å². The minimum Gasteiger partial charge on any atom is -0.466 e. The number of carbonyl (C=O) groups is 3. The molecule has 228 valence electrons. The number of sulfonamides is 1. The Morgan fingerprint density at radius 1 is 1.14 bits per heavy atom.